The van der Waals surface area contributed by atoms with E-state index in [0.29, 0.717) is 56.3 Å². The fraction of sp³-hybridized carbons (Fsp3) is 0.417. The number of para-hydroxylation sites is 2. The number of fused-ring (bicyclic) bond motifs is 1. The van der Waals surface area contributed by atoms with Crippen molar-refractivity contribution in [1.82, 2.24) is 10.2 Å². The van der Waals surface area contributed by atoms with Crippen LogP contribution in [0.25, 0.3) is 0 Å². The predicted octanol–water partition coefficient (Wildman–Crippen LogP) is 3.76. The van der Waals surface area contributed by atoms with Crippen LogP contribution in [-0.4, -0.2) is 43.3 Å². The Morgan fingerprint density at radius 1 is 1.09 bits per heavy atom. The van der Waals surface area contributed by atoms with Gasteiger partial charge in [-0.15, -0.1) is 0 Å². The van der Waals surface area contributed by atoms with Crippen LogP contribution >= 0.6 is 0 Å². The molecule has 2 aromatic carbocycles. The molecule has 0 aromatic heterocycles. The fourth-order valence-corrected chi connectivity index (χ4v) is 3.92. The van der Waals surface area contributed by atoms with Gasteiger partial charge in [0.1, 0.15) is 5.75 Å². The molecule has 8 nitrogen and oxygen atoms in total. The Bertz CT molecular complexity index is 985. The van der Waals surface area contributed by atoms with Crippen LogP contribution in [0.15, 0.2) is 42.5 Å². The lowest BCUT2D eigenvalue weighted by molar-refractivity contribution is -0.132. The number of carbonyl (C=O) groups is 2. The van der Waals surface area contributed by atoms with E-state index in [1.807, 2.05) is 56.3 Å². The van der Waals surface area contributed by atoms with Crippen LogP contribution in [0.2, 0.25) is 0 Å². The molecule has 8 heteroatoms. The lowest BCUT2D eigenvalue weighted by atomic mass is 9.79. The Labute approximate surface area is 187 Å². The number of ether oxygens (including phenoxy) is 3. The van der Waals surface area contributed by atoms with Crippen molar-refractivity contribution in [3.8, 4) is 17.2 Å². The molecule has 2 aromatic rings. The van der Waals surface area contributed by atoms with Crippen molar-refractivity contribution in [1.29, 1.82) is 0 Å². The number of nitrogens with zero attached hydrogens (tertiary/aromatic N) is 1. The highest BCUT2D eigenvalue weighted by molar-refractivity contribution is 5.91. The monoisotopic (exact) mass is 439 g/mol. The lowest BCUT2D eigenvalue weighted by Crippen LogP contribution is -2.49. The van der Waals surface area contributed by atoms with Gasteiger partial charge in [-0.25, -0.2) is 4.79 Å². The molecule has 2 aliphatic heterocycles. The molecule has 0 saturated carbocycles. The largest absolute Gasteiger partial charge is 0.492 e. The van der Waals surface area contributed by atoms with Crippen LogP contribution in [0, 0.1) is 5.41 Å². The van der Waals surface area contributed by atoms with E-state index in [2.05, 4.69) is 10.6 Å². The Hall–Kier alpha value is -3.42. The first kappa shape index (κ1) is 21.8. The number of nitrogens with one attached hydrogen (secondary N) is 2. The number of amides is 3. The highest BCUT2D eigenvalue weighted by Gasteiger charge is 2.38. The van der Waals surface area contributed by atoms with Crippen molar-refractivity contribution in [3.05, 3.63) is 48.0 Å². The van der Waals surface area contributed by atoms with Gasteiger partial charge in [-0.2, -0.15) is 0 Å². The van der Waals surface area contributed by atoms with Crippen LogP contribution < -0.4 is 24.8 Å². The molecule has 0 atom stereocenters. The van der Waals surface area contributed by atoms with Crippen molar-refractivity contribution >= 4 is 17.6 Å². The summed E-state index contributed by atoms with van der Waals surface area (Å²) in [6.07, 6.45) is 1.20. The maximum Gasteiger partial charge on any atom is 0.321 e. The van der Waals surface area contributed by atoms with Gasteiger partial charge in [-0.3, -0.25) is 4.79 Å². The molecular formula is C24H29N3O5. The van der Waals surface area contributed by atoms with E-state index in [9.17, 15) is 9.59 Å². The lowest BCUT2D eigenvalue weighted by Gasteiger charge is -2.38. The van der Waals surface area contributed by atoms with E-state index in [-0.39, 0.29) is 18.7 Å². The molecule has 0 bridgehead atoms. The molecule has 2 aliphatic rings. The second kappa shape index (κ2) is 9.38. The highest BCUT2D eigenvalue weighted by Crippen LogP contribution is 2.34. The Morgan fingerprint density at radius 3 is 2.62 bits per heavy atom. The summed E-state index contributed by atoms with van der Waals surface area (Å²) in [5, 5.41) is 5.96. The van der Waals surface area contributed by atoms with Gasteiger partial charge >= 0.3 is 6.03 Å². The number of piperidine rings is 1. The quantitative estimate of drug-likeness (QED) is 0.715. The molecule has 0 unspecified atom stereocenters. The highest BCUT2D eigenvalue weighted by atomic mass is 16.7. The molecule has 170 valence electrons. The summed E-state index contributed by atoms with van der Waals surface area (Å²) in [6, 6.07) is 12.9. The molecule has 32 heavy (non-hydrogen) atoms. The third kappa shape index (κ3) is 4.74. The van der Waals surface area contributed by atoms with Gasteiger partial charge < -0.3 is 29.7 Å². The zero-order chi connectivity index (χ0) is 22.6. The predicted molar refractivity (Wildman–Crippen MR) is 120 cm³/mol. The smallest absolute Gasteiger partial charge is 0.321 e. The minimum absolute atomic E-state index is 0.00286. The summed E-state index contributed by atoms with van der Waals surface area (Å²) in [6.45, 7) is 6.06. The molecule has 1 fully saturated rings. The standard InChI is InChI=1S/C24H29N3O5/c1-3-30-19-7-5-4-6-18(19)26-23(29)27-12-10-24(2,11-13-27)22(28)25-15-17-8-9-20-21(14-17)32-16-31-20/h4-9,14H,3,10-13,15-16H2,1-2H3,(H,25,28)(H,26,29). The summed E-state index contributed by atoms with van der Waals surface area (Å²) in [4.78, 5) is 27.4. The van der Waals surface area contributed by atoms with Gasteiger partial charge in [0.2, 0.25) is 12.7 Å². The third-order valence-corrected chi connectivity index (χ3v) is 6.02. The SMILES string of the molecule is CCOc1ccccc1NC(=O)N1CCC(C)(C(=O)NCc2ccc3c(c2)OCO3)CC1. The van der Waals surface area contributed by atoms with E-state index in [1.54, 1.807) is 4.90 Å². The van der Waals surface area contributed by atoms with Crippen molar-refractivity contribution in [3.63, 3.8) is 0 Å². The maximum absolute atomic E-state index is 12.9. The number of hydrogen-bond donors (Lipinski definition) is 2. The van der Waals surface area contributed by atoms with E-state index < -0.39 is 5.41 Å². The summed E-state index contributed by atoms with van der Waals surface area (Å²) in [7, 11) is 0. The Kier molecular flexibility index (Phi) is 6.39. The number of carbonyl (C=O) groups excluding carboxylic acids is 2. The van der Waals surface area contributed by atoms with Crippen LogP contribution in [-0.2, 0) is 11.3 Å². The molecular weight excluding hydrogens is 410 g/mol. The van der Waals surface area contributed by atoms with Crippen molar-refractivity contribution in [2.45, 2.75) is 33.2 Å². The number of benzene rings is 2. The molecule has 0 radical (unpaired) electrons. The van der Waals surface area contributed by atoms with E-state index >= 15 is 0 Å². The number of rotatable bonds is 6. The molecule has 3 amide bonds. The van der Waals surface area contributed by atoms with Crippen molar-refractivity contribution < 1.29 is 23.8 Å². The minimum atomic E-state index is -0.518. The van der Waals surface area contributed by atoms with Gasteiger partial charge in [-0.05, 0) is 49.6 Å². The second-order valence-corrected chi connectivity index (χ2v) is 8.28. The normalized spacial score (nSPS) is 16.4. The molecule has 1 saturated heterocycles. The summed E-state index contributed by atoms with van der Waals surface area (Å²) < 4.78 is 16.3. The summed E-state index contributed by atoms with van der Waals surface area (Å²) in [5.41, 5.74) is 1.08. The number of anilines is 1. The van der Waals surface area contributed by atoms with Gasteiger partial charge in [0, 0.05) is 25.0 Å². The molecule has 0 spiro atoms. The van der Waals surface area contributed by atoms with Crippen LogP contribution in [0.4, 0.5) is 10.5 Å². The molecule has 2 heterocycles. The zero-order valence-corrected chi connectivity index (χ0v) is 18.5. The molecule has 4 rings (SSSR count). The zero-order valence-electron chi connectivity index (χ0n) is 18.5. The first-order chi connectivity index (χ1) is 15.5. The average molecular weight is 440 g/mol. The van der Waals surface area contributed by atoms with Crippen LogP contribution in [0.3, 0.4) is 0 Å². The average Bonchev–Trinajstić information content (AvgIpc) is 3.27. The van der Waals surface area contributed by atoms with Gasteiger partial charge in [0.25, 0.3) is 0 Å². The maximum atomic E-state index is 12.9. The Morgan fingerprint density at radius 2 is 1.84 bits per heavy atom. The molecule has 2 N–H and O–H groups in total. The summed E-state index contributed by atoms with van der Waals surface area (Å²) in [5.74, 6) is 2.07. The van der Waals surface area contributed by atoms with E-state index in [1.165, 1.54) is 0 Å². The number of urea groups is 1. The molecule has 0 aliphatic carbocycles. The minimum Gasteiger partial charge on any atom is -0.492 e. The topological polar surface area (TPSA) is 89.1 Å². The Balaban J connectivity index is 1.29. The first-order valence-corrected chi connectivity index (χ1v) is 10.9. The van der Waals surface area contributed by atoms with E-state index in [0.717, 1.165) is 11.3 Å². The second-order valence-electron chi connectivity index (χ2n) is 8.28. The van der Waals surface area contributed by atoms with Crippen LogP contribution in [0.5, 0.6) is 17.2 Å². The van der Waals surface area contributed by atoms with Gasteiger partial charge in [0.05, 0.1) is 12.3 Å². The van der Waals surface area contributed by atoms with Gasteiger partial charge in [0.15, 0.2) is 11.5 Å². The first-order valence-electron chi connectivity index (χ1n) is 10.9. The van der Waals surface area contributed by atoms with Gasteiger partial charge in [-0.1, -0.05) is 25.1 Å². The van der Waals surface area contributed by atoms with Crippen LogP contribution in [0.1, 0.15) is 32.3 Å². The third-order valence-electron chi connectivity index (χ3n) is 6.02. The fourth-order valence-electron chi connectivity index (χ4n) is 3.92. The van der Waals surface area contributed by atoms with Crippen molar-refractivity contribution in [2.75, 3.05) is 31.8 Å². The van der Waals surface area contributed by atoms with Crippen molar-refractivity contribution in [2.24, 2.45) is 5.41 Å². The number of likely N-dealkylation sites (tertiary alicyclic amines) is 1. The number of hydrogen-bond acceptors (Lipinski definition) is 5. The van der Waals surface area contributed by atoms with E-state index in [4.69, 9.17) is 14.2 Å². The summed E-state index contributed by atoms with van der Waals surface area (Å²) >= 11 is 0.